The highest BCUT2D eigenvalue weighted by molar-refractivity contribution is 5.63. The molecule has 0 spiro atoms. The second-order valence-corrected chi connectivity index (χ2v) is 4.44. The summed E-state index contributed by atoms with van der Waals surface area (Å²) in [6, 6.07) is 6.05. The van der Waals surface area contributed by atoms with E-state index in [-0.39, 0.29) is 5.56 Å². The maximum atomic E-state index is 11.9. The van der Waals surface area contributed by atoms with Gasteiger partial charge in [-0.25, -0.2) is 4.98 Å². The van der Waals surface area contributed by atoms with Crippen LogP contribution in [-0.4, -0.2) is 9.97 Å². The Labute approximate surface area is 101 Å². The number of hydrogen-bond donors (Lipinski definition) is 1. The van der Waals surface area contributed by atoms with Gasteiger partial charge in [0.1, 0.15) is 5.69 Å². The molecule has 3 heteroatoms. The molecule has 0 radical (unpaired) electrons. The molecule has 0 saturated carbocycles. The summed E-state index contributed by atoms with van der Waals surface area (Å²) in [5.74, 6) is 0. The van der Waals surface area contributed by atoms with Gasteiger partial charge in [0.2, 0.25) is 0 Å². The van der Waals surface area contributed by atoms with Crippen LogP contribution in [0.3, 0.4) is 0 Å². The first-order chi connectivity index (χ1) is 7.99. The molecule has 88 valence electrons. The largest absolute Gasteiger partial charge is 0.323 e. The van der Waals surface area contributed by atoms with Crippen molar-refractivity contribution in [3.05, 3.63) is 51.1 Å². The number of hydrogen-bond acceptors (Lipinski definition) is 2. The first-order valence-electron chi connectivity index (χ1n) is 5.64. The molecule has 0 fully saturated rings. The molecule has 1 aromatic heterocycles. The fraction of sp³-hybridized carbons (Fsp3) is 0.286. The maximum absolute atomic E-state index is 11.9. The van der Waals surface area contributed by atoms with E-state index in [1.807, 2.05) is 45.9 Å². The van der Waals surface area contributed by atoms with Gasteiger partial charge in [-0.1, -0.05) is 17.7 Å². The Morgan fingerprint density at radius 2 is 1.82 bits per heavy atom. The molecule has 0 saturated heterocycles. The Bertz CT molecular complexity index is 627. The number of benzene rings is 1. The highest BCUT2D eigenvalue weighted by Crippen LogP contribution is 2.20. The van der Waals surface area contributed by atoms with Crippen molar-refractivity contribution in [2.75, 3.05) is 0 Å². The summed E-state index contributed by atoms with van der Waals surface area (Å²) in [7, 11) is 0. The van der Waals surface area contributed by atoms with Crippen LogP contribution in [0.25, 0.3) is 11.3 Å². The molecule has 1 N–H and O–H groups in total. The molecule has 2 rings (SSSR count). The number of aromatic nitrogens is 2. The molecule has 0 aliphatic heterocycles. The zero-order chi connectivity index (χ0) is 12.6. The summed E-state index contributed by atoms with van der Waals surface area (Å²) < 4.78 is 0. The number of aryl methyl sites for hydroxylation is 4. The Morgan fingerprint density at radius 1 is 1.12 bits per heavy atom. The van der Waals surface area contributed by atoms with Crippen molar-refractivity contribution in [2.45, 2.75) is 27.7 Å². The summed E-state index contributed by atoms with van der Waals surface area (Å²) in [5, 5.41) is 0. The van der Waals surface area contributed by atoms with Crippen molar-refractivity contribution in [1.29, 1.82) is 0 Å². The molecular weight excluding hydrogens is 212 g/mol. The van der Waals surface area contributed by atoms with Crippen LogP contribution in [0.2, 0.25) is 0 Å². The van der Waals surface area contributed by atoms with E-state index in [1.165, 1.54) is 0 Å². The van der Waals surface area contributed by atoms with Gasteiger partial charge in [-0.2, -0.15) is 0 Å². The molecule has 17 heavy (non-hydrogen) atoms. The Hall–Kier alpha value is -1.90. The smallest absolute Gasteiger partial charge is 0.274 e. The van der Waals surface area contributed by atoms with Gasteiger partial charge in [-0.3, -0.25) is 4.79 Å². The summed E-state index contributed by atoms with van der Waals surface area (Å²) in [4.78, 5) is 19.2. The topological polar surface area (TPSA) is 45.8 Å². The van der Waals surface area contributed by atoms with E-state index in [0.29, 0.717) is 5.69 Å². The summed E-state index contributed by atoms with van der Waals surface area (Å²) >= 11 is 0. The number of aromatic amines is 1. The third-order valence-electron chi connectivity index (χ3n) is 2.99. The SMILES string of the molecule is Cc1ccc(C)c(-c2nc(C)c(C)[nH]c2=O)c1. The van der Waals surface area contributed by atoms with E-state index in [4.69, 9.17) is 0 Å². The fourth-order valence-electron chi connectivity index (χ4n) is 1.80. The summed E-state index contributed by atoms with van der Waals surface area (Å²) in [6.45, 7) is 7.76. The molecule has 3 nitrogen and oxygen atoms in total. The van der Waals surface area contributed by atoms with Crippen LogP contribution in [0.15, 0.2) is 23.0 Å². The van der Waals surface area contributed by atoms with Crippen LogP contribution in [0.4, 0.5) is 0 Å². The van der Waals surface area contributed by atoms with Crippen molar-refractivity contribution >= 4 is 0 Å². The lowest BCUT2D eigenvalue weighted by atomic mass is 10.0. The van der Waals surface area contributed by atoms with Crippen LogP contribution in [0.1, 0.15) is 22.5 Å². The average Bonchev–Trinajstić information content (AvgIpc) is 2.27. The normalized spacial score (nSPS) is 10.6. The molecule has 1 heterocycles. The fourth-order valence-corrected chi connectivity index (χ4v) is 1.80. The van der Waals surface area contributed by atoms with Gasteiger partial charge < -0.3 is 4.98 Å². The van der Waals surface area contributed by atoms with Gasteiger partial charge in [-0.15, -0.1) is 0 Å². The van der Waals surface area contributed by atoms with Crippen LogP contribution in [-0.2, 0) is 0 Å². The van der Waals surface area contributed by atoms with Crippen LogP contribution in [0.5, 0.6) is 0 Å². The van der Waals surface area contributed by atoms with Crippen molar-refractivity contribution in [2.24, 2.45) is 0 Å². The van der Waals surface area contributed by atoms with E-state index in [1.54, 1.807) is 0 Å². The Morgan fingerprint density at radius 3 is 2.53 bits per heavy atom. The molecular formula is C14H16N2O. The van der Waals surface area contributed by atoms with Crippen molar-refractivity contribution in [3.8, 4) is 11.3 Å². The number of H-pyrrole nitrogens is 1. The zero-order valence-electron chi connectivity index (χ0n) is 10.6. The minimum atomic E-state index is -0.123. The lowest BCUT2D eigenvalue weighted by Crippen LogP contribution is -2.15. The lowest BCUT2D eigenvalue weighted by molar-refractivity contribution is 1.02. The van der Waals surface area contributed by atoms with E-state index in [2.05, 4.69) is 9.97 Å². The molecule has 0 atom stereocenters. The minimum absolute atomic E-state index is 0.123. The highest BCUT2D eigenvalue weighted by atomic mass is 16.1. The Balaban J connectivity index is 2.72. The van der Waals surface area contributed by atoms with E-state index in [0.717, 1.165) is 28.1 Å². The second kappa shape index (κ2) is 4.17. The number of rotatable bonds is 1. The quantitative estimate of drug-likeness (QED) is 0.815. The lowest BCUT2D eigenvalue weighted by Gasteiger charge is -2.07. The summed E-state index contributed by atoms with van der Waals surface area (Å²) in [6.07, 6.45) is 0. The van der Waals surface area contributed by atoms with E-state index in [9.17, 15) is 4.79 Å². The van der Waals surface area contributed by atoms with Gasteiger partial charge in [0.25, 0.3) is 5.56 Å². The Kier molecular flexibility index (Phi) is 2.84. The van der Waals surface area contributed by atoms with Crippen LogP contribution < -0.4 is 5.56 Å². The van der Waals surface area contributed by atoms with Crippen molar-refractivity contribution < 1.29 is 0 Å². The van der Waals surface area contributed by atoms with Gasteiger partial charge in [0.05, 0.1) is 5.69 Å². The van der Waals surface area contributed by atoms with E-state index >= 15 is 0 Å². The molecule has 1 aromatic carbocycles. The first-order valence-corrected chi connectivity index (χ1v) is 5.64. The standard InChI is InChI=1S/C14H16N2O/c1-8-5-6-9(2)12(7-8)13-14(17)16-11(4)10(3)15-13/h5-7H,1-4H3,(H,16,17). The summed E-state index contributed by atoms with van der Waals surface area (Å²) in [5.41, 5.74) is 5.18. The maximum Gasteiger partial charge on any atom is 0.274 e. The van der Waals surface area contributed by atoms with Crippen LogP contribution in [0, 0.1) is 27.7 Å². The highest BCUT2D eigenvalue weighted by Gasteiger charge is 2.10. The van der Waals surface area contributed by atoms with Gasteiger partial charge in [0.15, 0.2) is 0 Å². The minimum Gasteiger partial charge on any atom is -0.323 e. The van der Waals surface area contributed by atoms with Crippen LogP contribution >= 0.6 is 0 Å². The molecule has 2 aromatic rings. The zero-order valence-corrected chi connectivity index (χ0v) is 10.6. The monoisotopic (exact) mass is 228 g/mol. The van der Waals surface area contributed by atoms with Crippen molar-refractivity contribution in [1.82, 2.24) is 9.97 Å². The molecule has 0 amide bonds. The first kappa shape index (κ1) is 11.6. The predicted octanol–water partition coefficient (Wildman–Crippen LogP) is 2.67. The molecule has 0 aliphatic carbocycles. The van der Waals surface area contributed by atoms with Gasteiger partial charge in [0, 0.05) is 11.3 Å². The third kappa shape index (κ3) is 2.13. The molecule has 0 bridgehead atoms. The van der Waals surface area contributed by atoms with Gasteiger partial charge >= 0.3 is 0 Å². The average molecular weight is 228 g/mol. The number of nitrogens with zero attached hydrogens (tertiary/aromatic N) is 1. The van der Waals surface area contributed by atoms with Crippen molar-refractivity contribution in [3.63, 3.8) is 0 Å². The second-order valence-electron chi connectivity index (χ2n) is 4.44. The van der Waals surface area contributed by atoms with E-state index < -0.39 is 0 Å². The number of nitrogens with one attached hydrogen (secondary N) is 1. The third-order valence-corrected chi connectivity index (χ3v) is 2.99. The van der Waals surface area contributed by atoms with Gasteiger partial charge in [-0.05, 0) is 39.3 Å². The predicted molar refractivity (Wildman–Crippen MR) is 69.2 cm³/mol. The molecule has 0 unspecified atom stereocenters. The molecule has 0 aliphatic rings.